The van der Waals surface area contributed by atoms with E-state index in [1.165, 1.54) is 16.8 Å². The average molecular weight is 248 g/mol. The highest BCUT2D eigenvalue weighted by Crippen LogP contribution is 2.22. The maximum atomic E-state index is 5.13. The van der Waals surface area contributed by atoms with Crippen LogP contribution < -0.4 is 4.90 Å². The third-order valence-electron chi connectivity index (χ3n) is 3.68. The largest absolute Gasteiger partial charge is 0.383 e. The van der Waals surface area contributed by atoms with Gasteiger partial charge in [0.25, 0.3) is 0 Å². The molecule has 3 heteroatoms. The van der Waals surface area contributed by atoms with Gasteiger partial charge in [-0.15, -0.1) is 0 Å². The van der Waals surface area contributed by atoms with Gasteiger partial charge in [0.1, 0.15) is 0 Å². The SMILES string of the molecule is COCCN1CCN(c2ccc(C)cc2C)CC1. The van der Waals surface area contributed by atoms with E-state index in [1.807, 2.05) is 0 Å². The van der Waals surface area contributed by atoms with E-state index < -0.39 is 0 Å². The van der Waals surface area contributed by atoms with E-state index in [0.29, 0.717) is 0 Å². The molecule has 18 heavy (non-hydrogen) atoms. The lowest BCUT2D eigenvalue weighted by Gasteiger charge is -2.36. The van der Waals surface area contributed by atoms with Crippen LogP contribution in [-0.2, 0) is 4.74 Å². The van der Waals surface area contributed by atoms with Gasteiger partial charge < -0.3 is 9.64 Å². The number of ether oxygens (including phenoxy) is 1. The molecule has 0 aromatic heterocycles. The van der Waals surface area contributed by atoms with E-state index in [4.69, 9.17) is 4.74 Å². The molecular weight excluding hydrogens is 224 g/mol. The molecule has 0 N–H and O–H groups in total. The number of piperazine rings is 1. The van der Waals surface area contributed by atoms with Crippen molar-refractivity contribution in [2.45, 2.75) is 13.8 Å². The molecule has 0 unspecified atom stereocenters. The van der Waals surface area contributed by atoms with Crippen molar-refractivity contribution in [3.63, 3.8) is 0 Å². The van der Waals surface area contributed by atoms with E-state index in [-0.39, 0.29) is 0 Å². The monoisotopic (exact) mass is 248 g/mol. The van der Waals surface area contributed by atoms with Gasteiger partial charge in [0.15, 0.2) is 0 Å². The standard InChI is InChI=1S/C15H24N2O/c1-13-4-5-15(14(2)12-13)17-8-6-16(7-9-17)10-11-18-3/h4-5,12H,6-11H2,1-3H3. The summed E-state index contributed by atoms with van der Waals surface area (Å²) in [4.78, 5) is 4.97. The molecule has 0 saturated carbocycles. The summed E-state index contributed by atoms with van der Waals surface area (Å²) in [5.41, 5.74) is 4.13. The molecule has 1 aliphatic heterocycles. The Hall–Kier alpha value is -1.06. The van der Waals surface area contributed by atoms with Crippen LogP contribution in [0.25, 0.3) is 0 Å². The Balaban J connectivity index is 1.93. The molecule has 1 aliphatic rings. The molecule has 100 valence electrons. The van der Waals surface area contributed by atoms with Gasteiger partial charge in [-0.3, -0.25) is 4.90 Å². The number of anilines is 1. The smallest absolute Gasteiger partial charge is 0.0589 e. The van der Waals surface area contributed by atoms with Crippen molar-refractivity contribution in [2.75, 3.05) is 51.3 Å². The Kier molecular flexibility index (Phi) is 4.61. The molecule has 0 atom stereocenters. The molecule has 2 rings (SSSR count). The summed E-state index contributed by atoms with van der Waals surface area (Å²) >= 11 is 0. The normalized spacial score (nSPS) is 17.2. The van der Waals surface area contributed by atoms with Gasteiger partial charge in [-0.25, -0.2) is 0 Å². The first-order chi connectivity index (χ1) is 8.70. The highest BCUT2D eigenvalue weighted by molar-refractivity contribution is 5.54. The lowest BCUT2D eigenvalue weighted by molar-refractivity contribution is 0.144. The zero-order valence-corrected chi connectivity index (χ0v) is 11.8. The number of rotatable bonds is 4. The van der Waals surface area contributed by atoms with Crippen molar-refractivity contribution in [1.29, 1.82) is 0 Å². The fourth-order valence-electron chi connectivity index (χ4n) is 2.59. The molecule has 0 radical (unpaired) electrons. The summed E-state index contributed by atoms with van der Waals surface area (Å²) in [5, 5.41) is 0. The predicted molar refractivity (Wildman–Crippen MR) is 76.4 cm³/mol. The molecule has 1 aromatic carbocycles. The highest BCUT2D eigenvalue weighted by Gasteiger charge is 2.17. The topological polar surface area (TPSA) is 15.7 Å². The molecule has 1 aromatic rings. The first-order valence-corrected chi connectivity index (χ1v) is 6.74. The summed E-state index contributed by atoms with van der Waals surface area (Å²) < 4.78 is 5.13. The van der Waals surface area contributed by atoms with Crippen molar-refractivity contribution < 1.29 is 4.74 Å². The predicted octanol–water partition coefficient (Wildman–Crippen LogP) is 2.07. The second-order valence-electron chi connectivity index (χ2n) is 5.11. The summed E-state index contributed by atoms with van der Waals surface area (Å²) in [7, 11) is 1.77. The van der Waals surface area contributed by atoms with Crippen molar-refractivity contribution in [3.05, 3.63) is 29.3 Å². The lowest BCUT2D eigenvalue weighted by Crippen LogP contribution is -2.47. The van der Waals surface area contributed by atoms with Crippen molar-refractivity contribution in [1.82, 2.24) is 4.90 Å². The van der Waals surface area contributed by atoms with E-state index in [9.17, 15) is 0 Å². The minimum absolute atomic E-state index is 0.837. The highest BCUT2D eigenvalue weighted by atomic mass is 16.5. The summed E-state index contributed by atoms with van der Waals surface area (Å²) in [6.45, 7) is 10.8. The molecular formula is C15H24N2O. The Labute approximate surface area is 110 Å². The number of hydrogen-bond donors (Lipinski definition) is 0. The zero-order chi connectivity index (χ0) is 13.0. The van der Waals surface area contributed by atoms with Crippen LogP contribution >= 0.6 is 0 Å². The molecule has 0 amide bonds. The second kappa shape index (κ2) is 6.21. The molecule has 1 saturated heterocycles. The average Bonchev–Trinajstić information content (AvgIpc) is 2.37. The van der Waals surface area contributed by atoms with Crippen LogP contribution in [-0.4, -0.2) is 51.3 Å². The maximum Gasteiger partial charge on any atom is 0.0589 e. The Morgan fingerprint density at radius 1 is 1.11 bits per heavy atom. The molecule has 1 fully saturated rings. The first kappa shape index (κ1) is 13.4. The van der Waals surface area contributed by atoms with Crippen LogP contribution in [0.5, 0.6) is 0 Å². The molecule has 0 aliphatic carbocycles. The number of benzene rings is 1. The summed E-state index contributed by atoms with van der Waals surface area (Å²) in [6, 6.07) is 6.74. The fraction of sp³-hybridized carbons (Fsp3) is 0.600. The minimum Gasteiger partial charge on any atom is -0.383 e. The molecule has 0 bridgehead atoms. The second-order valence-corrected chi connectivity index (χ2v) is 5.11. The van der Waals surface area contributed by atoms with Crippen LogP contribution in [0.3, 0.4) is 0 Å². The van der Waals surface area contributed by atoms with E-state index in [0.717, 1.165) is 39.3 Å². The number of nitrogens with zero attached hydrogens (tertiary/aromatic N) is 2. The van der Waals surface area contributed by atoms with Gasteiger partial charge in [-0.05, 0) is 25.5 Å². The van der Waals surface area contributed by atoms with Crippen LogP contribution in [0.1, 0.15) is 11.1 Å². The molecule has 0 spiro atoms. The van der Waals surface area contributed by atoms with Gasteiger partial charge in [-0.1, -0.05) is 17.7 Å². The first-order valence-electron chi connectivity index (χ1n) is 6.74. The van der Waals surface area contributed by atoms with Gasteiger partial charge in [0.2, 0.25) is 0 Å². The number of aryl methyl sites for hydroxylation is 2. The summed E-state index contributed by atoms with van der Waals surface area (Å²) in [5.74, 6) is 0. The third-order valence-corrected chi connectivity index (χ3v) is 3.68. The van der Waals surface area contributed by atoms with Crippen LogP contribution in [0.4, 0.5) is 5.69 Å². The van der Waals surface area contributed by atoms with Crippen molar-refractivity contribution in [3.8, 4) is 0 Å². The maximum absolute atomic E-state index is 5.13. The third kappa shape index (κ3) is 3.24. The van der Waals surface area contributed by atoms with Crippen LogP contribution in [0.15, 0.2) is 18.2 Å². The van der Waals surface area contributed by atoms with Gasteiger partial charge in [-0.2, -0.15) is 0 Å². The number of hydrogen-bond acceptors (Lipinski definition) is 3. The van der Waals surface area contributed by atoms with Gasteiger partial charge >= 0.3 is 0 Å². The van der Waals surface area contributed by atoms with Crippen molar-refractivity contribution >= 4 is 5.69 Å². The lowest BCUT2D eigenvalue weighted by atomic mass is 10.1. The van der Waals surface area contributed by atoms with E-state index in [1.54, 1.807) is 7.11 Å². The Morgan fingerprint density at radius 3 is 2.44 bits per heavy atom. The molecule has 3 nitrogen and oxygen atoms in total. The zero-order valence-electron chi connectivity index (χ0n) is 11.8. The van der Waals surface area contributed by atoms with E-state index >= 15 is 0 Å². The van der Waals surface area contributed by atoms with Crippen molar-refractivity contribution in [2.24, 2.45) is 0 Å². The number of methoxy groups -OCH3 is 1. The fourth-order valence-corrected chi connectivity index (χ4v) is 2.59. The van der Waals surface area contributed by atoms with Crippen LogP contribution in [0, 0.1) is 13.8 Å². The summed E-state index contributed by atoms with van der Waals surface area (Å²) in [6.07, 6.45) is 0. The van der Waals surface area contributed by atoms with E-state index in [2.05, 4.69) is 41.8 Å². The van der Waals surface area contributed by atoms with Gasteiger partial charge in [0.05, 0.1) is 6.61 Å². The quantitative estimate of drug-likeness (QED) is 0.811. The molecule has 1 heterocycles. The van der Waals surface area contributed by atoms with Gasteiger partial charge in [0, 0.05) is 45.5 Å². The van der Waals surface area contributed by atoms with Crippen LogP contribution in [0.2, 0.25) is 0 Å². The Morgan fingerprint density at radius 2 is 1.83 bits per heavy atom. The minimum atomic E-state index is 0.837. The Bertz CT molecular complexity index is 384.